The van der Waals surface area contributed by atoms with Gasteiger partial charge in [0.05, 0.1) is 33.3 Å². The Kier molecular flexibility index (Phi) is 7.79. The van der Waals surface area contributed by atoms with Gasteiger partial charge in [0.1, 0.15) is 12.4 Å². The molecule has 0 unspecified atom stereocenters. The van der Waals surface area contributed by atoms with Crippen molar-refractivity contribution in [1.29, 1.82) is 0 Å². The number of imide groups is 1. The van der Waals surface area contributed by atoms with Crippen LogP contribution in [0.3, 0.4) is 0 Å². The fraction of sp³-hybridized carbons (Fsp3) is 0.120. The average Bonchev–Trinajstić information content (AvgIpc) is 3.15. The number of rotatable bonds is 8. The summed E-state index contributed by atoms with van der Waals surface area (Å²) in [6.45, 7) is 0.182. The van der Waals surface area contributed by atoms with E-state index in [0.717, 1.165) is 25.8 Å². The summed E-state index contributed by atoms with van der Waals surface area (Å²) in [7, 11) is 2.98. The Hall–Kier alpha value is -3.58. The molecule has 0 aliphatic carbocycles. The molecule has 0 radical (unpaired) electrons. The summed E-state index contributed by atoms with van der Waals surface area (Å²) < 4.78 is 17.5. The van der Waals surface area contributed by atoms with Gasteiger partial charge in [0.15, 0.2) is 11.5 Å². The van der Waals surface area contributed by atoms with E-state index in [1.165, 1.54) is 26.4 Å². The highest BCUT2D eigenvalue weighted by Crippen LogP contribution is 2.41. The van der Waals surface area contributed by atoms with Gasteiger partial charge < -0.3 is 14.2 Å². The average molecular weight is 618 g/mol. The fourth-order valence-corrected chi connectivity index (χ4v) is 5.09. The van der Waals surface area contributed by atoms with Gasteiger partial charge in [0.25, 0.3) is 16.8 Å². The molecule has 1 saturated heterocycles. The Morgan fingerprint density at radius 3 is 2.39 bits per heavy atom. The molecular weight excluding hydrogens is 599 g/mol. The normalized spacial score (nSPS) is 14.3. The van der Waals surface area contributed by atoms with Crippen LogP contribution in [0.4, 0.5) is 16.2 Å². The van der Waals surface area contributed by atoms with Crippen LogP contribution in [0.2, 0.25) is 0 Å². The highest BCUT2D eigenvalue weighted by Gasteiger charge is 2.37. The topological polar surface area (TPSA) is 108 Å². The van der Waals surface area contributed by atoms with Crippen molar-refractivity contribution >= 4 is 62.9 Å². The second-order valence-electron chi connectivity index (χ2n) is 7.44. The van der Waals surface area contributed by atoms with Gasteiger partial charge in [0.2, 0.25) is 0 Å². The molecule has 0 bridgehead atoms. The zero-order valence-corrected chi connectivity index (χ0v) is 22.1. The van der Waals surface area contributed by atoms with Crippen molar-refractivity contribution < 1.29 is 28.7 Å². The molecule has 4 rings (SSSR count). The van der Waals surface area contributed by atoms with E-state index in [1.54, 1.807) is 48.5 Å². The third-order valence-electron chi connectivity index (χ3n) is 5.20. The van der Waals surface area contributed by atoms with E-state index in [1.807, 2.05) is 6.07 Å². The number of benzene rings is 3. The Morgan fingerprint density at radius 1 is 1.03 bits per heavy atom. The minimum atomic E-state index is -0.458. The number of carbonyl (C=O) groups is 2. The van der Waals surface area contributed by atoms with Crippen molar-refractivity contribution in [2.24, 2.45) is 0 Å². The molecule has 1 fully saturated rings. The Labute approximate surface area is 224 Å². The van der Waals surface area contributed by atoms with Gasteiger partial charge >= 0.3 is 0 Å². The molecule has 0 N–H and O–H groups in total. The van der Waals surface area contributed by atoms with Gasteiger partial charge in [0, 0.05) is 12.1 Å². The predicted octanol–water partition coefficient (Wildman–Crippen LogP) is 6.04. The number of halogens is 1. The highest BCUT2D eigenvalue weighted by atomic mass is 127. The van der Waals surface area contributed by atoms with Crippen LogP contribution >= 0.6 is 34.4 Å². The van der Waals surface area contributed by atoms with Crippen molar-refractivity contribution in [2.45, 2.75) is 6.61 Å². The van der Waals surface area contributed by atoms with Crippen molar-refractivity contribution in [2.75, 3.05) is 19.1 Å². The van der Waals surface area contributed by atoms with Crippen molar-refractivity contribution in [3.05, 3.63) is 90.4 Å². The Bertz CT molecular complexity index is 1380. The van der Waals surface area contributed by atoms with Gasteiger partial charge in [-0.3, -0.25) is 19.7 Å². The van der Waals surface area contributed by atoms with E-state index in [0.29, 0.717) is 28.5 Å². The van der Waals surface area contributed by atoms with Gasteiger partial charge in [-0.05, 0) is 88.0 Å². The third-order valence-corrected chi connectivity index (χ3v) is 6.87. The number of ether oxygens (including phenoxy) is 3. The number of nitro benzene ring substituents is 1. The lowest BCUT2D eigenvalue weighted by molar-refractivity contribution is -0.384. The summed E-state index contributed by atoms with van der Waals surface area (Å²) in [6.07, 6.45) is 1.63. The van der Waals surface area contributed by atoms with E-state index >= 15 is 0 Å². The Morgan fingerprint density at radius 2 is 1.72 bits per heavy atom. The molecule has 3 aromatic rings. The maximum Gasteiger partial charge on any atom is 0.298 e. The predicted molar refractivity (Wildman–Crippen MR) is 145 cm³/mol. The second-order valence-corrected chi connectivity index (χ2v) is 9.59. The molecule has 9 nitrogen and oxygen atoms in total. The third kappa shape index (κ3) is 5.31. The zero-order chi connectivity index (χ0) is 25.8. The lowest BCUT2D eigenvalue weighted by Crippen LogP contribution is -2.28. The van der Waals surface area contributed by atoms with Crippen LogP contribution in [0.1, 0.15) is 11.1 Å². The zero-order valence-electron chi connectivity index (χ0n) is 19.1. The fourth-order valence-electron chi connectivity index (χ4n) is 3.47. The number of para-hydroxylation sites is 2. The lowest BCUT2D eigenvalue weighted by atomic mass is 10.1. The van der Waals surface area contributed by atoms with E-state index in [9.17, 15) is 19.7 Å². The summed E-state index contributed by atoms with van der Waals surface area (Å²) in [5.74, 6) is 0.920. The molecule has 184 valence electrons. The van der Waals surface area contributed by atoms with Crippen LogP contribution in [-0.2, 0) is 11.4 Å². The van der Waals surface area contributed by atoms with Crippen LogP contribution in [0.5, 0.6) is 17.2 Å². The SMILES string of the molecule is COc1ccccc1N1C(=O)S/C(=C\c2cc(I)c(OCc3ccc([N+](=O)[O-])cc3)c(OC)c2)C1=O. The molecule has 1 aliphatic heterocycles. The summed E-state index contributed by atoms with van der Waals surface area (Å²) in [4.78, 5) is 37.5. The van der Waals surface area contributed by atoms with Gasteiger partial charge in [-0.25, -0.2) is 4.90 Å². The molecule has 0 saturated carbocycles. The molecule has 0 aromatic heterocycles. The molecular formula is C25H19IN2O7S. The number of anilines is 1. The van der Waals surface area contributed by atoms with E-state index in [4.69, 9.17) is 14.2 Å². The molecule has 2 amide bonds. The minimum Gasteiger partial charge on any atom is -0.495 e. The van der Waals surface area contributed by atoms with Crippen LogP contribution in [0, 0.1) is 13.7 Å². The number of hydrogen-bond donors (Lipinski definition) is 0. The quantitative estimate of drug-likeness (QED) is 0.130. The first-order valence-corrected chi connectivity index (χ1v) is 12.4. The van der Waals surface area contributed by atoms with Crippen LogP contribution in [-0.4, -0.2) is 30.3 Å². The van der Waals surface area contributed by atoms with Gasteiger partial charge in [-0.2, -0.15) is 0 Å². The largest absolute Gasteiger partial charge is 0.495 e. The molecule has 0 spiro atoms. The van der Waals surface area contributed by atoms with Gasteiger partial charge in [-0.1, -0.05) is 12.1 Å². The molecule has 0 atom stereocenters. The summed E-state index contributed by atoms with van der Waals surface area (Å²) >= 11 is 2.95. The van der Waals surface area contributed by atoms with E-state index in [-0.39, 0.29) is 17.2 Å². The molecule has 1 heterocycles. The first-order chi connectivity index (χ1) is 17.3. The monoisotopic (exact) mass is 618 g/mol. The van der Waals surface area contributed by atoms with Crippen molar-refractivity contribution in [1.82, 2.24) is 0 Å². The minimum absolute atomic E-state index is 0.00499. The lowest BCUT2D eigenvalue weighted by Gasteiger charge is -2.15. The number of thioether (sulfide) groups is 1. The van der Waals surface area contributed by atoms with Gasteiger partial charge in [-0.15, -0.1) is 0 Å². The van der Waals surface area contributed by atoms with E-state index < -0.39 is 16.1 Å². The smallest absolute Gasteiger partial charge is 0.298 e. The maximum atomic E-state index is 13.1. The van der Waals surface area contributed by atoms with Crippen LogP contribution in [0.15, 0.2) is 65.6 Å². The molecule has 11 heteroatoms. The highest BCUT2D eigenvalue weighted by molar-refractivity contribution is 14.1. The first-order valence-electron chi connectivity index (χ1n) is 10.5. The number of nitro groups is 1. The number of non-ortho nitro benzene ring substituents is 1. The number of hydrogen-bond acceptors (Lipinski definition) is 8. The van der Waals surface area contributed by atoms with Crippen LogP contribution < -0.4 is 19.1 Å². The molecule has 3 aromatic carbocycles. The molecule has 1 aliphatic rings. The Balaban J connectivity index is 1.56. The first kappa shape index (κ1) is 25.5. The number of amides is 2. The number of carbonyl (C=O) groups excluding carboxylic acids is 2. The molecule has 36 heavy (non-hydrogen) atoms. The second kappa shape index (κ2) is 11.0. The van der Waals surface area contributed by atoms with Crippen molar-refractivity contribution in [3.63, 3.8) is 0 Å². The summed E-state index contributed by atoms with van der Waals surface area (Å²) in [5.41, 5.74) is 1.80. The van der Waals surface area contributed by atoms with E-state index in [2.05, 4.69) is 22.6 Å². The van der Waals surface area contributed by atoms with Crippen molar-refractivity contribution in [3.8, 4) is 17.2 Å². The summed E-state index contributed by atoms with van der Waals surface area (Å²) in [6, 6.07) is 16.4. The maximum absolute atomic E-state index is 13.1. The number of nitrogens with zero attached hydrogens (tertiary/aromatic N) is 2. The number of methoxy groups -OCH3 is 2. The standard InChI is InChI=1S/C25H19IN2O7S/c1-33-20-6-4-3-5-19(20)27-24(29)22(36-25(27)30)13-16-11-18(26)23(21(12-16)34-2)35-14-15-7-9-17(10-8-15)28(31)32/h3-13H,14H2,1-2H3/b22-13-. The van der Waals surface area contributed by atoms with Crippen LogP contribution in [0.25, 0.3) is 6.08 Å². The summed E-state index contributed by atoms with van der Waals surface area (Å²) in [5, 5.41) is 10.4.